The normalized spacial score (nSPS) is 21.4. The third kappa shape index (κ3) is 5.09. The van der Waals surface area contributed by atoms with Crippen LogP contribution >= 0.6 is 0 Å². The van der Waals surface area contributed by atoms with Crippen LogP contribution in [-0.2, 0) is 21.2 Å². The number of halogens is 3. The Hall–Kier alpha value is -3.72. The number of esters is 1. The fraction of sp³-hybridized carbons (Fsp3) is 0.321. The second-order valence-electron chi connectivity index (χ2n) is 10.1. The minimum atomic E-state index is -4.57. The molecule has 1 aliphatic rings. The predicted molar refractivity (Wildman–Crippen MR) is 131 cm³/mol. The molecule has 0 bridgehead atoms. The van der Waals surface area contributed by atoms with Crippen LogP contribution in [0, 0.1) is 10.1 Å². The first-order valence-corrected chi connectivity index (χ1v) is 11.8. The van der Waals surface area contributed by atoms with Crippen LogP contribution in [-0.4, -0.2) is 28.6 Å². The number of nitro groups is 1. The first kappa shape index (κ1) is 26.3. The summed E-state index contributed by atoms with van der Waals surface area (Å²) in [5.74, 6) is -1.86. The highest BCUT2D eigenvalue weighted by Gasteiger charge is 2.65. The van der Waals surface area contributed by atoms with Gasteiger partial charge in [-0.2, -0.15) is 13.2 Å². The average molecular weight is 513 g/mol. The molecule has 3 aromatic carbocycles. The zero-order valence-corrected chi connectivity index (χ0v) is 20.5. The van der Waals surface area contributed by atoms with E-state index in [9.17, 15) is 28.1 Å². The molecule has 4 rings (SSSR count). The van der Waals surface area contributed by atoms with Crippen LogP contribution < -0.4 is 5.32 Å². The van der Waals surface area contributed by atoms with Crippen molar-refractivity contribution in [3.05, 3.63) is 117 Å². The smallest absolute Gasteiger partial charge is 0.416 e. The standard InChI is InChI=1S/C28H27F3N2O4/c1-26(2,3)37-25(34)23-22(18-14-16-21(17-15-18)28(29,30)31)24(33(35)36)27(32-23,19-10-6-4-7-11-19)20-12-8-5-9-13-20/h4-17,22-24,32H,1-3H3/t22-,23+,24+/m1/s1. The Labute approximate surface area is 212 Å². The van der Waals surface area contributed by atoms with Gasteiger partial charge in [0.05, 0.1) is 11.5 Å². The molecule has 3 atom stereocenters. The number of ether oxygens (including phenoxy) is 1. The van der Waals surface area contributed by atoms with Crippen molar-refractivity contribution < 1.29 is 27.6 Å². The molecule has 1 heterocycles. The fourth-order valence-electron chi connectivity index (χ4n) is 5.08. The summed E-state index contributed by atoms with van der Waals surface area (Å²) < 4.78 is 45.4. The molecule has 3 aromatic rings. The van der Waals surface area contributed by atoms with Gasteiger partial charge >= 0.3 is 12.1 Å². The number of carbonyl (C=O) groups excluding carboxylic acids is 1. The number of rotatable bonds is 5. The molecular formula is C28H27F3N2O4. The number of alkyl halides is 3. The summed E-state index contributed by atoms with van der Waals surface area (Å²) in [6, 6.07) is 19.0. The van der Waals surface area contributed by atoms with Gasteiger partial charge in [-0.1, -0.05) is 72.8 Å². The molecule has 1 aliphatic heterocycles. The van der Waals surface area contributed by atoms with Crippen molar-refractivity contribution in [3.8, 4) is 0 Å². The third-order valence-corrected chi connectivity index (χ3v) is 6.50. The van der Waals surface area contributed by atoms with E-state index >= 15 is 0 Å². The Balaban J connectivity index is 1.97. The lowest BCUT2D eigenvalue weighted by Gasteiger charge is -2.33. The highest BCUT2D eigenvalue weighted by atomic mass is 19.4. The predicted octanol–water partition coefficient (Wildman–Crippen LogP) is 5.69. The van der Waals surface area contributed by atoms with Gasteiger partial charge in [0.2, 0.25) is 6.04 Å². The molecule has 194 valence electrons. The average Bonchev–Trinajstić information content (AvgIpc) is 3.22. The molecule has 0 spiro atoms. The largest absolute Gasteiger partial charge is 0.459 e. The summed E-state index contributed by atoms with van der Waals surface area (Å²) in [6.45, 7) is 5.04. The summed E-state index contributed by atoms with van der Waals surface area (Å²) in [5.41, 5.74) is -1.92. The molecule has 0 radical (unpaired) electrons. The highest BCUT2D eigenvalue weighted by molar-refractivity contribution is 5.79. The topological polar surface area (TPSA) is 81.5 Å². The van der Waals surface area contributed by atoms with Gasteiger partial charge in [0, 0.05) is 4.92 Å². The Bertz CT molecular complexity index is 1220. The zero-order valence-electron chi connectivity index (χ0n) is 20.5. The Morgan fingerprint density at radius 3 is 1.78 bits per heavy atom. The fourth-order valence-corrected chi connectivity index (χ4v) is 5.08. The summed E-state index contributed by atoms with van der Waals surface area (Å²) in [7, 11) is 0. The minimum absolute atomic E-state index is 0.229. The lowest BCUT2D eigenvalue weighted by atomic mass is 9.74. The van der Waals surface area contributed by atoms with E-state index in [0.717, 1.165) is 12.1 Å². The molecule has 1 saturated heterocycles. The van der Waals surface area contributed by atoms with Crippen LogP contribution in [0.2, 0.25) is 0 Å². The third-order valence-electron chi connectivity index (χ3n) is 6.50. The van der Waals surface area contributed by atoms with Crippen LogP contribution in [0.5, 0.6) is 0 Å². The maximum absolute atomic E-state index is 13.5. The molecule has 9 heteroatoms. The first-order valence-electron chi connectivity index (χ1n) is 11.8. The molecular weight excluding hydrogens is 485 g/mol. The van der Waals surface area contributed by atoms with Crippen molar-refractivity contribution >= 4 is 5.97 Å². The summed E-state index contributed by atoms with van der Waals surface area (Å²) in [4.78, 5) is 25.9. The molecule has 1 N–H and O–H groups in total. The summed E-state index contributed by atoms with van der Waals surface area (Å²) in [6.07, 6.45) is -4.57. The van der Waals surface area contributed by atoms with E-state index in [2.05, 4.69) is 5.32 Å². The molecule has 0 aliphatic carbocycles. The van der Waals surface area contributed by atoms with E-state index in [-0.39, 0.29) is 5.56 Å². The van der Waals surface area contributed by atoms with Gasteiger partial charge in [-0.3, -0.25) is 20.2 Å². The number of nitrogens with one attached hydrogen (secondary N) is 1. The van der Waals surface area contributed by atoms with E-state index in [0.29, 0.717) is 11.1 Å². The Kier molecular flexibility index (Phi) is 6.85. The molecule has 6 nitrogen and oxygen atoms in total. The Morgan fingerprint density at radius 2 is 1.38 bits per heavy atom. The minimum Gasteiger partial charge on any atom is -0.459 e. The van der Waals surface area contributed by atoms with E-state index in [4.69, 9.17) is 4.74 Å². The number of hydrogen-bond acceptors (Lipinski definition) is 5. The lowest BCUT2D eigenvalue weighted by molar-refractivity contribution is -0.533. The second kappa shape index (κ2) is 9.63. The molecule has 0 saturated carbocycles. The number of nitrogens with zero attached hydrogens (tertiary/aromatic N) is 1. The number of hydrogen-bond donors (Lipinski definition) is 1. The SMILES string of the molecule is CC(C)(C)OC(=O)[C@H]1NC(c2ccccc2)(c2ccccc2)[C@@H]([N+](=O)[O-])[C@@H]1c1ccc(C(F)(F)F)cc1. The maximum atomic E-state index is 13.5. The first-order chi connectivity index (χ1) is 17.3. The van der Waals surface area contributed by atoms with Gasteiger partial charge in [-0.25, -0.2) is 0 Å². The van der Waals surface area contributed by atoms with Crippen molar-refractivity contribution in [2.75, 3.05) is 0 Å². The molecule has 0 amide bonds. The van der Waals surface area contributed by atoms with Gasteiger partial charge in [-0.15, -0.1) is 0 Å². The van der Waals surface area contributed by atoms with Crippen molar-refractivity contribution in [1.82, 2.24) is 5.32 Å². The molecule has 1 fully saturated rings. The zero-order chi connectivity index (χ0) is 27.0. The van der Waals surface area contributed by atoms with Crippen LogP contribution in [0.15, 0.2) is 84.9 Å². The molecule has 37 heavy (non-hydrogen) atoms. The molecule has 0 unspecified atom stereocenters. The van der Waals surface area contributed by atoms with Crippen molar-refractivity contribution in [3.63, 3.8) is 0 Å². The van der Waals surface area contributed by atoms with Gasteiger partial charge in [-0.05, 0) is 49.6 Å². The van der Waals surface area contributed by atoms with Crippen LogP contribution in [0.3, 0.4) is 0 Å². The Morgan fingerprint density at radius 1 is 0.892 bits per heavy atom. The van der Waals surface area contributed by atoms with Crippen LogP contribution in [0.1, 0.15) is 48.9 Å². The number of benzene rings is 3. The lowest BCUT2D eigenvalue weighted by Crippen LogP contribution is -2.51. The van der Waals surface area contributed by atoms with Crippen molar-refractivity contribution in [2.45, 2.75) is 56.1 Å². The van der Waals surface area contributed by atoms with E-state index in [1.54, 1.807) is 81.4 Å². The molecule has 0 aromatic heterocycles. The van der Waals surface area contributed by atoms with Gasteiger partial charge < -0.3 is 4.74 Å². The monoisotopic (exact) mass is 512 g/mol. The highest BCUT2D eigenvalue weighted by Crippen LogP contribution is 2.48. The maximum Gasteiger partial charge on any atom is 0.416 e. The second-order valence-corrected chi connectivity index (χ2v) is 10.1. The van der Waals surface area contributed by atoms with Crippen molar-refractivity contribution in [2.24, 2.45) is 0 Å². The van der Waals surface area contributed by atoms with Gasteiger partial charge in [0.25, 0.3) is 0 Å². The quantitative estimate of drug-likeness (QED) is 0.270. The van der Waals surface area contributed by atoms with E-state index < -0.39 is 51.8 Å². The van der Waals surface area contributed by atoms with Crippen LogP contribution in [0.4, 0.5) is 13.2 Å². The van der Waals surface area contributed by atoms with Gasteiger partial charge in [0.1, 0.15) is 17.2 Å². The summed E-state index contributed by atoms with van der Waals surface area (Å²) >= 11 is 0. The number of carbonyl (C=O) groups is 1. The van der Waals surface area contributed by atoms with Crippen molar-refractivity contribution in [1.29, 1.82) is 0 Å². The van der Waals surface area contributed by atoms with E-state index in [1.807, 2.05) is 0 Å². The van der Waals surface area contributed by atoms with E-state index in [1.165, 1.54) is 12.1 Å². The van der Waals surface area contributed by atoms with Gasteiger partial charge in [0.15, 0.2) is 0 Å². The van der Waals surface area contributed by atoms with Crippen LogP contribution in [0.25, 0.3) is 0 Å². The summed E-state index contributed by atoms with van der Waals surface area (Å²) in [5, 5.41) is 16.1.